The van der Waals surface area contributed by atoms with Crippen molar-refractivity contribution in [2.75, 3.05) is 19.7 Å². The Bertz CT molecular complexity index is 746. The fraction of sp³-hybridized carbons (Fsp3) is 0.474. The molecule has 0 radical (unpaired) electrons. The lowest BCUT2D eigenvalue weighted by Crippen LogP contribution is -2.53. The van der Waals surface area contributed by atoms with Gasteiger partial charge in [-0.2, -0.15) is 0 Å². The first kappa shape index (κ1) is 18.4. The summed E-state index contributed by atoms with van der Waals surface area (Å²) >= 11 is 0. The van der Waals surface area contributed by atoms with E-state index in [1.165, 1.54) is 24.3 Å². The van der Waals surface area contributed by atoms with Crippen LogP contribution >= 0.6 is 0 Å². The van der Waals surface area contributed by atoms with E-state index in [0.29, 0.717) is 30.9 Å². The minimum atomic E-state index is -1.15. The van der Waals surface area contributed by atoms with Crippen LogP contribution in [-0.2, 0) is 6.42 Å². The maximum Gasteiger partial charge on any atom is 0.276 e. The molecule has 1 atom stereocenters. The normalized spacial score (nSPS) is 20.2. The summed E-state index contributed by atoms with van der Waals surface area (Å²) in [6.45, 7) is 2.76. The summed E-state index contributed by atoms with van der Waals surface area (Å²) in [6.07, 6.45) is 2.83. The second-order valence-electron chi connectivity index (χ2n) is 6.73. The number of likely N-dealkylation sites (tertiary alicyclic amines) is 1. The van der Waals surface area contributed by atoms with Gasteiger partial charge in [-0.25, -0.2) is 4.39 Å². The van der Waals surface area contributed by atoms with Gasteiger partial charge in [0.15, 0.2) is 5.69 Å². The quantitative estimate of drug-likeness (QED) is 0.855. The van der Waals surface area contributed by atoms with Crippen LogP contribution in [0.25, 0.3) is 0 Å². The number of hydrogen-bond donors (Lipinski definition) is 1. The van der Waals surface area contributed by atoms with Crippen molar-refractivity contribution in [1.82, 2.24) is 10.1 Å². The Labute approximate surface area is 151 Å². The fourth-order valence-electron chi connectivity index (χ4n) is 3.09. The number of aromatic nitrogens is 1. The molecule has 1 fully saturated rings. The summed E-state index contributed by atoms with van der Waals surface area (Å²) in [4.78, 5) is 14.2. The second-order valence-corrected chi connectivity index (χ2v) is 6.73. The van der Waals surface area contributed by atoms with Crippen LogP contribution in [0.15, 0.2) is 34.9 Å². The van der Waals surface area contributed by atoms with E-state index in [2.05, 4.69) is 5.16 Å². The molecule has 1 unspecified atom stereocenters. The highest BCUT2D eigenvalue weighted by molar-refractivity contribution is 5.92. The van der Waals surface area contributed by atoms with E-state index in [4.69, 9.17) is 9.26 Å². The first-order valence-electron chi connectivity index (χ1n) is 8.85. The molecule has 0 bridgehead atoms. The number of rotatable bonds is 6. The third kappa shape index (κ3) is 4.40. The van der Waals surface area contributed by atoms with Crippen LogP contribution in [0.5, 0.6) is 5.75 Å². The second kappa shape index (κ2) is 7.86. The van der Waals surface area contributed by atoms with Crippen molar-refractivity contribution in [3.8, 4) is 5.75 Å². The molecular formula is C19H23FN2O4. The summed E-state index contributed by atoms with van der Waals surface area (Å²) in [5, 5.41) is 14.7. The van der Waals surface area contributed by atoms with Crippen LogP contribution in [0.2, 0.25) is 0 Å². The highest BCUT2D eigenvalue weighted by Gasteiger charge is 2.37. The highest BCUT2D eigenvalue weighted by atomic mass is 19.1. The Kier molecular flexibility index (Phi) is 5.56. The molecule has 0 spiro atoms. The van der Waals surface area contributed by atoms with E-state index in [1.807, 2.05) is 6.92 Å². The molecule has 140 valence electrons. The Morgan fingerprint density at radius 2 is 2.19 bits per heavy atom. The van der Waals surface area contributed by atoms with Crippen molar-refractivity contribution in [2.24, 2.45) is 0 Å². The Morgan fingerprint density at radius 1 is 1.42 bits per heavy atom. The van der Waals surface area contributed by atoms with Gasteiger partial charge in [-0.3, -0.25) is 4.79 Å². The van der Waals surface area contributed by atoms with Gasteiger partial charge in [-0.1, -0.05) is 12.1 Å². The fourth-order valence-corrected chi connectivity index (χ4v) is 3.09. The molecule has 1 aliphatic rings. The van der Waals surface area contributed by atoms with Gasteiger partial charge in [0.25, 0.3) is 5.91 Å². The Hall–Kier alpha value is -2.41. The van der Waals surface area contributed by atoms with Gasteiger partial charge in [0, 0.05) is 19.0 Å². The molecule has 0 aliphatic carbocycles. The number of carbonyl (C=O) groups excluding carboxylic acids is 1. The largest absolute Gasteiger partial charge is 0.491 e. The minimum Gasteiger partial charge on any atom is -0.491 e. The van der Waals surface area contributed by atoms with Gasteiger partial charge in [-0.05, 0) is 43.5 Å². The molecule has 26 heavy (non-hydrogen) atoms. The number of ether oxygens (including phenoxy) is 1. The number of aryl methyl sites for hydroxylation is 1. The lowest BCUT2D eigenvalue weighted by atomic mass is 9.93. The molecule has 3 rings (SSSR count). The molecule has 1 amide bonds. The van der Waals surface area contributed by atoms with Crippen molar-refractivity contribution in [2.45, 2.75) is 38.2 Å². The SMILES string of the molecule is CCCc1cc(C(=O)N2CCCC(O)(COc3ccc(F)cc3)C2)no1. The highest BCUT2D eigenvalue weighted by Crippen LogP contribution is 2.24. The van der Waals surface area contributed by atoms with Crippen molar-refractivity contribution in [1.29, 1.82) is 0 Å². The van der Waals surface area contributed by atoms with Crippen LogP contribution in [0, 0.1) is 5.82 Å². The minimum absolute atomic E-state index is 0.0301. The predicted octanol–water partition coefficient (Wildman–Crippen LogP) is 2.81. The number of benzene rings is 1. The molecule has 0 saturated carbocycles. The molecule has 7 heteroatoms. The summed E-state index contributed by atoms with van der Waals surface area (Å²) in [6, 6.07) is 7.28. The lowest BCUT2D eigenvalue weighted by molar-refractivity contribution is -0.0533. The smallest absolute Gasteiger partial charge is 0.276 e. The summed E-state index contributed by atoms with van der Waals surface area (Å²) in [5.74, 6) is 0.559. The van der Waals surface area contributed by atoms with Crippen molar-refractivity contribution in [3.63, 3.8) is 0 Å². The predicted molar refractivity (Wildman–Crippen MR) is 92.5 cm³/mol. The lowest BCUT2D eigenvalue weighted by Gasteiger charge is -2.38. The van der Waals surface area contributed by atoms with Gasteiger partial charge >= 0.3 is 0 Å². The van der Waals surface area contributed by atoms with Gasteiger partial charge in [-0.15, -0.1) is 0 Å². The molecule has 2 heterocycles. The van der Waals surface area contributed by atoms with E-state index in [9.17, 15) is 14.3 Å². The van der Waals surface area contributed by atoms with Crippen molar-refractivity contribution in [3.05, 3.63) is 47.6 Å². The number of hydrogen-bond acceptors (Lipinski definition) is 5. The molecule has 1 saturated heterocycles. The van der Waals surface area contributed by atoms with Gasteiger partial charge in [0.1, 0.15) is 29.5 Å². The van der Waals surface area contributed by atoms with Gasteiger partial charge in [0.05, 0.1) is 6.54 Å². The summed E-state index contributed by atoms with van der Waals surface area (Å²) in [7, 11) is 0. The molecule has 1 aromatic carbocycles. The number of β-amino-alcohol motifs (C(OH)–C–C–N with tert-alkyl or cyclic N) is 1. The monoisotopic (exact) mass is 362 g/mol. The molecule has 1 aliphatic heterocycles. The average molecular weight is 362 g/mol. The molecule has 2 aromatic rings. The zero-order chi connectivity index (χ0) is 18.6. The topological polar surface area (TPSA) is 75.8 Å². The molecular weight excluding hydrogens is 339 g/mol. The van der Waals surface area contributed by atoms with E-state index >= 15 is 0 Å². The number of aliphatic hydroxyl groups is 1. The third-order valence-electron chi connectivity index (χ3n) is 4.44. The summed E-state index contributed by atoms with van der Waals surface area (Å²) in [5.41, 5.74) is -0.893. The van der Waals surface area contributed by atoms with E-state index < -0.39 is 5.60 Å². The number of amides is 1. The van der Waals surface area contributed by atoms with Crippen molar-refractivity contribution >= 4 is 5.91 Å². The van der Waals surface area contributed by atoms with Gasteiger partial charge < -0.3 is 19.3 Å². The van der Waals surface area contributed by atoms with E-state index in [1.54, 1.807) is 11.0 Å². The van der Waals surface area contributed by atoms with E-state index in [0.717, 1.165) is 12.8 Å². The zero-order valence-corrected chi connectivity index (χ0v) is 14.8. The Morgan fingerprint density at radius 3 is 2.92 bits per heavy atom. The molecule has 1 N–H and O–H groups in total. The van der Waals surface area contributed by atoms with Crippen LogP contribution in [-0.4, -0.2) is 46.4 Å². The van der Waals surface area contributed by atoms with E-state index in [-0.39, 0.29) is 30.6 Å². The number of halogens is 1. The first-order chi connectivity index (χ1) is 12.5. The number of piperidine rings is 1. The van der Waals surface area contributed by atoms with Crippen molar-refractivity contribution < 1.29 is 23.6 Å². The standard InChI is InChI=1S/C19H23FN2O4/c1-2-4-16-11-17(21-26-16)18(23)22-10-3-9-19(24,12-22)13-25-15-7-5-14(20)6-8-15/h5-8,11,24H,2-4,9-10,12-13H2,1H3. The zero-order valence-electron chi connectivity index (χ0n) is 14.8. The number of carbonyl (C=O) groups is 1. The maximum atomic E-state index is 12.9. The molecule has 1 aromatic heterocycles. The van der Waals surface area contributed by atoms with Gasteiger partial charge in [0.2, 0.25) is 0 Å². The van der Waals surface area contributed by atoms with Crippen LogP contribution in [0.1, 0.15) is 42.4 Å². The Balaban J connectivity index is 1.61. The summed E-state index contributed by atoms with van der Waals surface area (Å²) < 4.78 is 23.7. The number of nitrogens with zero attached hydrogens (tertiary/aromatic N) is 2. The van der Waals surface area contributed by atoms with Crippen LogP contribution < -0.4 is 4.74 Å². The van der Waals surface area contributed by atoms with Crippen LogP contribution in [0.4, 0.5) is 4.39 Å². The average Bonchev–Trinajstić information content (AvgIpc) is 3.10. The third-order valence-corrected chi connectivity index (χ3v) is 4.44. The maximum absolute atomic E-state index is 12.9. The van der Waals surface area contributed by atoms with Crippen LogP contribution in [0.3, 0.4) is 0 Å². The molecule has 6 nitrogen and oxygen atoms in total. The first-order valence-corrected chi connectivity index (χ1v) is 8.85.